The minimum absolute atomic E-state index is 0.0138. The van der Waals surface area contributed by atoms with Gasteiger partial charge in [0.05, 0.1) is 25.9 Å². The maximum Gasteiger partial charge on any atom is 0.306 e. The number of ketones is 1. The third kappa shape index (κ3) is 4.63. The molecule has 150 valence electrons. The molecule has 2 aromatic heterocycles. The molecule has 0 aliphatic carbocycles. The molecule has 0 radical (unpaired) electrons. The molecule has 0 amide bonds. The second-order valence-electron chi connectivity index (χ2n) is 6.27. The number of furan rings is 1. The fourth-order valence-corrected chi connectivity index (χ4v) is 2.72. The van der Waals surface area contributed by atoms with Crippen LogP contribution in [0, 0.1) is 0 Å². The van der Waals surface area contributed by atoms with E-state index >= 15 is 0 Å². The lowest BCUT2D eigenvalue weighted by Gasteiger charge is -2.08. The average Bonchev–Trinajstić information content (AvgIpc) is 3.38. The Hall–Kier alpha value is -3.62. The lowest BCUT2D eigenvalue weighted by atomic mass is 10.1. The average molecular weight is 398 g/mol. The van der Waals surface area contributed by atoms with Gasteiger partial charge in [-0.05, 0) is 30.3 Å². The van der Waals surface area contributed by atoms with E-state index in [4.69, 9.17) is 23.0 Å². The first kappa shape index (κ1) is 18.7. The number of benzene rings is 1. The van der Waals surface area contributed by atoms with E-state index in [1.165, 1.54) is 6.26 Å². The Bertz CT molecular complexity index is 994. The first-order chi connectivity index (χ1) is 14.2. The van der Waals surface area contributed by atoms with Gasteiger partial charge in [0.15, 0.2) is 29.6 Å². The van der Waals surface area contributed by atoms with Gasteiger partial charge in [-0.3, -0.25) is 9.59 Å². The van der Waals surface area contributed by atoms with Crippen molar-refractivity contribution in [1.82, 2.24) is 10.2 Å². The molecule has 0 spiro atoms. The first-order valence-corrected chi connectivity index (χ1v) is 9.14. The number of aromatic nitrogens is 2. The molecule has 1 aliphatic rings. The number of hydrogen-bond acceptors (Lipinski definition) is 9. The zero-order valence-electron chi connectivity index (χ0n) is 15.5. The van der Waals surface area contributed by atoms with Crippen LogP contribution in [0.15, 0.2) is 45.4 Å². The highest BCUT2D eigenvalue weighted by Gasteiger charge is 2.17. The molecule has 9 heteroatoms. The molecule has 1 aromatic carbocycles. The van der Waals surface area contributed by atoms with Crippen molar-refractivity contribution in [3.8, 4) is 23.1 Å². The molecule has 4 rings (SSSR count). The van der Waals surface area contributed by atoms with Gasteiger partial charge in [0.2, 0.25) is 0 Å². The Kier molecular flexibility index (Phi) is 5.55. The zero-order chi connectivity index (χ0) is 20.1. The van der Waals surface area contributed by atoms with Crippen LogP contribution >= 0.6 is 0 Å². The van der Waals surface area contributed by atoms with Crippen LogP contribution in [0.4, 0.5) is 0 Å². The molecule has 29 heavy (non-hydrogen) atoms. The first-order valence-electron chi connectivity index (χ1n) is 9.14. The van der Waals surface area contributed by atoms with Gasteiger partial charge in [0, 0.05) is 18.4 Å². The van der Waals surface area contributed by atoms with Gasteiger partial charge in [-0.1, -0.05) is 0 Å². The molecule has 0 N–H and O–H groups in total. The second kappa shape index (κ2) is 8.59. The number of rotatable bonds is 7. The molecule has 0 saturated heterocycles. The number of hydrogen-bond donors (Lipinski definition) is 0. The lowest BCUT2D eigenvalue weighted by Crippen LogP contribution is -2.08. The molecule has 0 atom stereocenters. The summed E-state index contributed by atoms with van der Waals surface area (Å²) in [7, 11) is 0. The summed E-state index contributed by atoms with van der Waals surface area (Å²) in [6.07, 6.45) is 2.22. The van der Waals surface area contributed by atoms with Gasteiger partial charge in [-0.2, -0.15) is 0 Å². The van der Waals surface area contributed by atoms with Gasteiger partial charge < -0.3 is 23.0 Å². The second-order valence-corrected chi connectivity index (χ2v) is 6.27. The number of nitrogens with zero attached hydrogens (tertiary/aromatic N) is 2. The predicted molar refractivity (Wildman–Crippen MR) is 97.4 cm³/mol. The molecule has 3 aromatic rings. The molecular weight excluding hydrogens is 380 g/mol. The Morgan fingerprint density at radius 3 is 2.72 bits per heavy atom. The minimum Gasteiger partial charge on any atom is -0.490 e. The van der Waals surface area contributed by atoms with E-state index < -0.39 is 5.97 Å². The van der Waals surface area contributed by atoms with Crippen LogP contribution in [0.5, 0.6) is 11.5 Å². The number of Topliss-reactive ketones (excluding diaryl/α,β-unsaturated/α-hetero) is 1. The van der Waals surface area contributed by atoms with Crippen molar-refractivity contribution in [2.75, 3.05) is 13.2 Å². The van der Waals surface area contributed by atoms with Crippen molar-refractivity contribution >= 4 is 11.8 Å². The standard InChI is InChI=1S/C20H18N2O7/c23-14(13-4-6-15-17(11-13)27-10-2-9-25-15)5-7-19(24)28-12-18-21-22-20(29-18)16-3-1-8-26-16/h1,3-4,6,8,11H,2,5,7,9-10,12H2. The molecule has 3 heterocycles. The number of carbonyl (C=O) groups excluding carboxylic acids is 2. The normalized spacial score (nSPS) is 13.0. The van der Waals surface area contributed by atoms with Crippen LogP contribution in [-0.2, 0) is 16.1 Å². The fourth-order valence-electron chi connectivity index (χ4n) is 2.72. The van der Waals surface area contributed by atoms with Crippen molar-refractivity contribution in [3.63, 3.8) is 0 Å². The Morgan fingerprint density at radius 2 is 1.90 bits per heavy atom. The zero-order valence-corrected chi connectivity index (χ0v) is 15.5. The number of fused-ring (bicyclic) bond motifs is 1. The van der Waals surface area contributed by atoms with Gasteiger partial charge >= 0.3 is 5.97 Å². The van der Waals surface area contributed by atoms with Gasteiger partial charge in [0.25, 0.3) is 11.8 Å². The van der Waals surface area contributed by atoms with E-state index in [0.717, 1.165) is 6.42 Å². The molecule has 0 saturated carbocycles. The van der Waals surface area contributed by atoms with E-state index in [1.54, 1.807) is 30.3 Å². The molecule has 0 fully saturated rings. The van der Waals surface area contributed by atoms with Crippen LogP contribution < -0.4 is 9.47 Å². The van der Waals surface area contributed by atoms with Crippen LogP contribution in [0.2, 0.25) is 0 Å². The fraction of sp³-hybridized carbons (Fsp3) is 0.300. The summed E-state index contributed by atoms with van der Waals surface area (Å²) in [6.45, 7) is 0.939. The third-order valence-corrected chi connectivity index (χ3v) is 4.18. The summed E-state index contributed by atoms with van der Waals surface area (Å²) in [6, 6.07) is 8.38. The number of esters is 1. The van der Waals surface area contributed by atoms with Gasteiger partial charge in [-0.15, -0.1) is 10.2 Å². The maximum absolute atomic E-state index is 12.4. The SMILES string of the molecule is O=C(CCC(=O)c1ccc2c(c1)OCCCO2)OCc1nnc(-c2ccco2)o1. The van der Waals surface area contributed by atoms with Crippen LogP contribution in [0.25, 0.3) is 11.7 Å². The summed E-state index contributed by atoms with van der Waals surface area (Å²) in [4.78, 5) is 24.3. The van der Waals surface area contributed by atoms with Crippen molar-refractivity contribution in [2.45, 2.75) is 25.9 Å². The molecule has 9 nitrogen and oxygen atoms in total. The summed E-state index contributed by atoms with van der Waals surface area (Å²) in [5, 5.41) is 7.60. The quantitative estimate of drug-likeness (QED) is 0.437. The van der Waals surface area contributed by atoms with Crippen molar-refractivity contribution in [3.05, 3.63) is 48.0 Å². The minimum atomic E-state index is -0.537. The van der Waals surface area contributed by atoms with Gasteiger partial charge in [0.1, 0.15) is 0 Å². The molecule has 0 bridgehead atoms. The Labute approximate surface area is 165 Å². The summed E-state index contributed by atoms with van der Waals surface area (Å²) in [5.41, 5.74) is 0.460. The van der Waals surface area contributed by atoms with E-state index in [-0.39, 0.29) is 37.0 Å². The highest BCUT2D eigenvalue weighted by molar-refractivity contribution is 5.98. The van der Waals surface area contributed by atoms with E-state index in [9.17, 15) is 9.59 Å². The topological polar surface area (TPSA) is 114 Å². The highest BCUT2D eigenvalue weighted by Crippen LogP contribution is 2.30. The Balaban J connectivity index is 1.26. The lowest BCUT2D eigenvalue weighted by molar-refractivity contribution is -0.145. The Morgan fingerprint density at radius 1 is 1.03 bits per heavy atom. The summed E-state index contributed by atoms with van der Waals surface area (Å²) < 4.78 is 26.7. The maximum atomic E-state index is 12.4. The molecule has 0 unspecified atom stereocenters. The smallest absolute Gasteiger partial charge is 0.306 e. The van der Waals surface area contributed by atoms with E-state index in [2.05, 4.69) is 10.2 Å². The van der Waals surface area contributed by atoms with Crippen LogP contribution in [0.1, 0.15) is 35.5 Å². The third-order valence-electron chi connectivity index (χ3n) is 4.18. The van der Waals surface area contributed by atoms with Crippen molar-refractivity contribution < 1.29 is 32.6 Å². The van der Waals surface area contributed by atoms with Gasteiger partial charge in [-0.25, -0.2) is 0 Å². The number of ether oxygens (including phenoxy) is 3. The van der Waals surface area contributed by atoms with E-state index in [0.29, 0.717) is 36.0 Å². The monoisotopic (exact) mass is 398 g/mol. The summed E-state index contributed by atoms with van der Waals surface area (Å²) in [5.74, 6) is 1.20. The van der Waals surface area contributed by atoms with Crippen molar-refractivity contribution in [1.29, 1.82) is 0 Å². The van der Waals surface area contributed by atoms with E-state index in [1.807, 2.05) is 0 Å². The molecular formula is C20H18N2O7. The highest BCUT2D eigenvalue weighted by atomic mass is 16.5. The van der Waals surface area contributed by atoms with Crippen molar-refractivity contribution in [2.24, 2.45) is 0 Å². The largest absolute Gasteiger partial charge is 0.490 e. The number of carbonyl (C=O) groups is 2. The predicted octanol–water partition coefficient (Wildman–Crippen LogP) is 3.20. The summed E-state index contributed by atoms with van der Waals surface area (Å²) >= 11 is 0. The van der Waals surface area contributed by atoms with Crippen LogP contribution in [-0.4, -0.2) is 35.2 Å². The molecule has 1 aliphatic heterocycles. The van der Waals surface area contributed by atoms with Crippen LogP contribution in [0.3, 0.4) is 0 Å².